The first-order chi connectivity index (χ1) is 5.66. The maximum absolute atomic E-state index is 11.0. The van der Waals surface area contributed by atoms with Crippen LogP contribution in [0.25, 0.3) is 0 Å². The molecule has 2 N–H and O–H groups in total. The van der Waals surface area contributed by atoms with Crippen LogP contribution in [0.2, 0.25) is 0 Å². The number of hydrogen-bond donors (Lipinski definition) is 1. The summed E-state index contributed by atoms with van der Waals surface area (Å²) >= 11 is 0. The van der Waals surface area contributed by atoms with Crippen LogP contribution < -0.4 is 5.73 Å². The van der Waals surface area contributed by atoms with Crippen molar-refractivity contribution < 1.29 is 8.42 Å². The molecular weight excluding hydrogens is 186 g/mol. The number of rotatable bonds is 4. The molecule has 0 unspecified atom stereocenters. The summed E-state index contributed by atoms with van der Waals surface area (Å²) in [5, 5.41) is 0. The van der Waals surface area contributed by atoms with E-state index in [9.17, 15) is 8.42 Å². The Morgan fingerprint density at radius 1 is 1.38 bits per heavy atom. The van der Waals surface area contributed by atoms with Gasteiger partial charge in [0.2, 0.25) is 0 Å². The van der Waals surface area contributed by atoms with Crippen molar-refractivity contribution in [2.75, 3.05) is 12.0 Å². The van der Waals surface area contributed by atoms with E-state index in [1.807, 2.05) is 0 Å². The van der Waals surface area contributed by atoms with Crippen LogP contribution in [0, 0.1) is 5.41 Å². The van der Waals surface area contributed by atoms with E-state index >= 15 is 0 Å². The molecule has 0 bridgehead atoms. The standard InChI is InChI=1S/C9H19NO2S/c1-8(2,9(10)4-5-9)6-7-13(3,11)12/h4-7,10H2,1-3H3. The van der Waals surface area contributed by atoms with Crippen LogP contribution in [0.15, 0.2) is 0 Å². The quantitative estimate of drug-likeness (QED) is 0.743. The van der Waals surface area contributed by atoms with Crippen molar-refractivity contribution >= 4 is 9.84 Å². The molecule has 1 aliphatic carbocycles. The number of sulfone groups is 1. The van der Waals surface area contributed by atoms with E-state index in [0.29, 0.717) is 6.42 Å². The molecule has 0 aromatic rings. The molecular formula is C9H19NO2S. The fourth-order valence-corrected chi connectivity index (χ4v) is 2.38. The predicted octanol–water partition coefficient (Wildman–Crippen LogP) is 0.939. The van der Waals surface area contributed by atoms with E-state index in [-0.39, 0.29) is 16.7 Å². The van der Waals surface area contributed by atoms with E-state index in [2.05, 4.69) is 13.8 Å². The smallest absolute Gasteiger partial charge is 0.147 e. The second kappa shape index (κ2) is 2.95. The molecule has 0 aromatic carbocycles. The second-order valence-electron chi connectivity index (χ2n) is 4.92. The molecule has 0 atom stereocenters. The van der Waals surface area contributed by atoms with E-state index in [0.717, 1.165) is 12.8 Å². The zero-order valence-corrected chi connectivity index (χ0v) is 9.45. The molecule has 0 saturated heterocycles. The van der Waals surface area contributed by atoms with Gasteiger partial charge in [-0.25, -0.2) is 8.42 Å². The Morgan fingerprint density at radius 2 is 1.85 bits per heavy atom. The molecule has 0 amide bonds. The molecule has 1 rings (SSSR count). The monoisotopic (exact) mass is 205 g/mol. The summed E-state index contributed by atoms with van der Waals surface area (Å²) in [6, 6.07) is 0. The maximum atomic E-state index is 11.0. The van der Waals surface area contributed by atoms with E-state index in [1.165, 1.54) is 6.26 Å². The highest BCUT2D eigenvalue weighted by Crippen LogP contribution is 2.49. The van der Waals surface area contributed by atoms with Gasteiger partial charge in [-0.05, 0) is 24.7 Å². The summed E-state index contributed by atoms with van der Waals surface area (Å²) in [6.45, 7) is 4.12. The molecule has 1 saturated carbocycles. The van der Waals surface area contributed by atoms with Crippen molar-refractivity contribution in [1.82, 2.24) is 0 Å². The lowest BCUT2D eigenvalue weighted by atomic mass is 9.80. The summed E-state index contributed by atoms with van der Waals surface area (Å²) in [5.41, 5.74) is 5.91. The van der Waals surface area contributed by atoms with E-state index in [1.54, 1.807) is 0 Å². The molecule has 0 aromatic heterocycles. The molecule has 0 radical (unpaired) electrons. The third-order valence-electron chi connectivity index (χ3n) is 3.23. The van der Waals surface area contributed by atoms with Crippen LogP contribution in [-0.2, 0) is 9.84 Å². The minimum Gasteiger partial charge on any atom is -0.325 e. The van der Waals surface area contributed by atoms with Crippen LogP contribution in [0.1, 0.15) is 33.1 Å². The Labute approximate surface area is 80.6 Å². The molecule has 3 nitrogen and oxygen atoms in total. The number of nitrogens with two attached hydrogens (primary N) is 1. The van der Waals surface area contributed by atoms with E-state index in [4.69, 9.17) is 5.73 Å². The fourth-order valence-electron chi connectivity index (χ4n) is 1.50. The first-order valence-electron chi connectivity index (χ1n) is 4.63. The highest BCUT2D eigenvalue weighted by atomic mass is 32.2. The van der Waals surface area contributed by atoms with E-state index < -0.39 is 9.84 Å². The van der Waals surface area contributed by atoms with Crippen molar-refractivity contribution in [3.05, 3.63) is 0 Å². The van der Waals surface area contributed by atoms with Gasteiger partial charge in [-0.15, -0.1) is 0 Å². The molecule has 0 spiro atoms. The molecule has 1 fully saturated rings. The van der Waals surface area contributed by atoms with Crippen LogP contribution in [0.5, 0.6) is 0 Å². The Balaban J connectivity index is 2.53. The largest absolute Gasteiger partial charge is 0.325 e. The SMILES string of the molecule is CC(C)(CCS(C)(=O)=O)C1(N)CC1. The van der Waals surface area contributed by atoms with Gasteiger partial charge in [0, 0.05) is 11.8 Å². The van der Waals surface area contributed by atoms with Gasteiger partial charge in [-0.2, -0.15) is 0 Å². The Kier molecular flexibility index (Phi) is 2.50. The summed E-state index contributed by atoms with van der Waals surface area (Å²) in [6.07, 6.45) is 4.01. The van der Waals surface area contributed by atoms with Gasteiger partial charge in [-0.1, -0.05) is 13.8 Å². The highest BCUT2D eigenvalue weighted by molar-refractivity contribution is 7.90. The van der Waals surface area contributed by atoms with Gasteiger partial charge in [0.1, 0.15) is 9.84 Å². The minimum absolute atomic E-state index is 0.0456. The zero-order chi connectivity index (χ0) is 10.3. The van der Waals surface area contributed by atoms with Crippen molar-refractivity contribution in [3.63, 3.8) is 0 Å². The maximum Gasteiger partial charge on any atom is 0.147 e. The summed E-state index contributed by atoms with van der Waals surface area (Å²) in [4.78, 5) is 0. The van der Waals surface area contributed by atoms with Gasteiger partial charge in [0.25, 0.3) is 0 Å². The summed E-state index contributed by atoms with van der Waals surface area (Å²) < 4.78 is 22.0. The lowest BCUT2D eigenvalue weighted by Crippen LogP contribution is -2.40. The normalized spacial score (nSPS) is 21.5. The van der Waals surface area contributed by atoms with Gasteiger partial charge < -0.3 is 5.73 Å². The van der Waals surface area contributed by atoms with Crippen LogP contribution in [-0.4, -0.2) is 26.0 Å². The molecule has 0 heterocycles. The summed E-state index contributed by atoms with van der Waals surface area (Å²) in [7, 11) is -2.85. The topological polar surface area (TPSA) is 60.2 Å². The number of hydrogen-bond acceptors (Lipinski definition) is 3. The molecule has 13 heavy (non-hydrogen) atoms. The first-order valence-corrected chi connectivity index (χ1v) is 6.69. The highest BCUT2D eigenvalue weighted by Gasteiger charge is 2.50. The lowest BCUT2D eigenvalue weighted by Gasteiger charge is -2.31. The van der Waals surface area contributed by atoms with Crippen molar-refractivity contribution in [1.29, 1.82) is 0 Å². The molecule has 0 aliphatic heterocycles. The zero-order valence-electron chi connectivity index (χ0n) is 8.63. The average Bonchev–Trinajstić information content (AvgIpc) is 2.64. The van der Waals surface area contributed by atoms with Crippen molar-refractivity contribution in [2.24, 2.45) is 11.1 Å². The fraction of sp³-hybridized carbons (Fsp3) is 1.00. The third kappa shape index (κ3) is 2.68. The van der Waals surface area contributed by atoms with Gasteiger partial charge >= 0.3 is 0 Å². The lowest BCUT2D eigenvalue weighted by molar-refractivity contribution is 0.257. The second-order valence-corrected chi connectivity index (χ2v) is 7.18. The summed E-state index contributed by atoms with van der Waals surface area (Å²) in [5.74, 6) is 0.249. The Bertz CT molecular complexity index is 289. The van der Waals surface area contributed by atoms with Crippen LogP contribution in [0.3, 0.4) is 0 Å². The third-order valence-corrected chi connectivity index (χ3v) is 4.18. The molecule has 4 heteroatoms. The van der Waals surface area contributed by atoms with Crippen LogP contribution >= 0.6 is 0 Å². The van der Waals surface area contributed by atoms with Crippen molar-refractivity contribution in [2.45, 2.75) is 38.6 Å². The average molecular weight is 205 g/mol. The van der Waals surface area contributed by atoms with Crippen molar-refractivity contribution in [3.8, 4) is 0 Å². The van der Waals surface area contributed by atoms with Gasteiger partial charge in [-0.3, -0.25) is 0 Å². The Hall–Kier alpha value is -0.0900. The molecule has 78 valence electrons. The Morgan fingerprint density at radius 3 is 2.15 bits per heavy atom. The minimum atomic E-state index is -2.85. The first kappa shape index (κ1) is 11.0. The predicted molar refractivity (Wildman–Crippen MR) is 54.3 cm³/mol. The molecule has 1 aliphatic rings. The van der Waals surface area contributed by atoms with Gasteiger partial charge in [0.15, 0.2) is 0 Å². The van der Waals surface area contributed by atoms with Gasteiger partial charge in [0.05, 0.1) is 5.75 Å². The van der Waals surface area contributed by atoms with Crippen LogP contribution in [0.4, 0.5) is 0 Å².